The van der Waals surface area contributed by atoms with E-state index >= 15 is 0 Å². The minimum absolute atomic E-state index is 0. The molecule has 1 rings (SSSR count). The summed E-state index contributed by atoms with van der Waals surface area (Å²) in [5.74, 6) is 0. The summed E-state index contributed by atoms with van der Waals surface area (Å²) in [6.45, 7) is 0.0972. The normalized spacial score (nSPS) is 11.9. The Kier molecular flexibility index (Phi) is 6.42. The molecule has 0 aromatic carbocycles. The van der Waals surface area contributed by atoms with Gasteiger partial charge in [-0.3, -0.25) is 10.1 Å². The van der Waals surface area contributed by atoms with Gasteiger partial charge < -0.3 is 10.8 Å². The van der Waals surface area contributed by atoms with Gasteiger partial charge in [0.15, 0.2) is 0 Å². The van der Waals surface area contributed by atoms with Gasteiger partial charge in [0.2, 0.25) is 0 Å². The first-order valence-corrected chi connectivity index (χ1v) is 5.12. The maximum Gasteiger partial charge on any atom is 0.324 e. The van der Waals surface area contributed by atoms with Crippen molar-refractivity contribution in [3.8, 4) is 0 Å². The average Bonchev–Trinajstić information content (AvgIpc) is 2.62. The Hall–Kier alpha value is -0.690. The van der Waals surface area contributed by atoms with E-state index in [9.17, 15) is 10.1 Å². The van der Waals surface area contributed by atoms with Gasteiger partial charge in [-0.1, -0.05) is 11.3 Å². The van der Waals surface area contributed by atoms with Crippen LogP contribution in [0.5, 0.6) is 0 Å². The summed E-state index contributed by atoms with van der Waals surface area (Å²) < 4.78 is 0. The number of aliphatic hydroxyl groups is 1. The molecule has 0 amide bonds. The molecule has 0 fully saturated rings. The molecule has 0 saturated carbocycles. The van der Waals surface area contributed by atoms with Crippen LogP contribution in [0.4, 0.5) is 5.00 Å². The Morgan fingerprint density at radius 3 is 2.80 bits per heavy atom. The number of nitro groups is 1. The highest BCUT2D eigenvalue weighted by atomic mass is 35.5. The molecule has 0 saturated heterocycles. The quantitative estimate of drug-likeness (QED) is 0.618. The van der Waals surface area contributed by atoms with Crippen LogP contribution in [0.25, 0.3) is 0 Å². The van der Waals surface area contributed by atoms with Crippen LogP contribution in [-0.2, 0) is 0 Å². The molecule has 0 unspecified atom stereocenters. The molecular weight excluding hydrogens is 240 g/mol. The molecular formula is C8H13ClN2O3S. The van der Waals surface area contributed by atoms with Gasteiger partial charge in [0, 0.05) is 24.1 Å². The molecule has 1 atom stereocenters. The van der Waals surface area contributed by atoms with Crippen molar-refractivity contribution in [2.45, 2.75) is 18.9 Å². The lowest BCUT2D eigenvalue weighted by atomic mass is 10.1. The van der Waals surface area contributed by atoms with Crippen molar-refractivity contribution >= 4 is 28.7 Å². The van der Waals surface area contributed by atoms with Gasteiger partial charge in [-0.05, 0) is 18.4 Å². The van der Waals surface area contributed by atoms with Gasteiger partial charge in [-0.2, -0.15) is 0 Å². The Morgan fingerprint density at radius 2 is 2.33 bits per heavy atom. The molecule has 3 N–H and O–H groups in total. The van der Waals surface area contributed by atoms with Crippen LogP contribution in [0, 0.1) is 10.1 Å². The van der Waals surface area contributed by atoms with Crippen molar-refractivity contribution < 1.29 is 10.0 Å². The molecule has 15 heavy (non-hydrogen) atoms. The van der Waals surface area contributed by atoms with Crippen LogP contribution in [0.1, 0.15) is 24.4 Å². The summed E-state index contributed by atoms with van der Waals surface area (Å²) in [6.07, 6.45) is 1.26. The second kappa shape index (κ2) is 6.73. The Balaban J connectivity index is 0.00000196. The molecule has 0 aliphatic carbocycles. The van der Waals surface area contributed by atoms with E-state index in [1.54, 1.807) is 5.38 Å². The lowest BCUT2D eigenvalue weighted by Crippen LogP contribution is -2.09. The number of hydrogen-bond donors (Lipinski definition) is 2. The smallest absolute Gasteiger partial charge is 0.324 e. The highest BCUT2D eigenvalue weighted by Gasteiger charge is 2.13. The number of thiophene rings is 1. The molecule has 86 valence electrons. The first kappa shape index (κ1) is 14.3. The Bertz CT molecular complexity index is 319. The second-order valence-corrected chi connectivity index (χ2v) is 3.84. The average molecular weight is 253 g/mol. The molecule has 1 heterocycles. The van der Waals surface area contributed by atoms with Crippen molar-refractivity contribution in [2.24, 2.45) is 5.73 Å². The van der Waals surface area contributed by atoms with Crippen LogP contribution >= 0.6 is 23.7 Å². The molecule has 1 aromatic heterocycles. The molecule has 5 nitrogen and oxygen atoms in total. The predicted octanol–water partition coefficient (Wildman–Crippen LogP) is 1.85. The minimum Gasteiger partial charge on any atom is -0.396 e. The Labute approximate surface area is 97.5 Å². The lowest BCUT2D eigenvalue weighted by molar-refractivity contribution is -0.380. The molecule has 0 aliphatic heterocycles. The molecule has 7 heteroatoms. The second-order valence-electron chi connectivity index (χ2n) is 2.95. The highest BCUT2D eigenvalue weighted by molar-refractivity contribution is 7.13. The molecule has 0 radical (unpaired) electrons. The zero-order chi connectivity index (χ0) is 10.6. The summed E-state index contributed by atoms with van der Waals surface area (Å²) in [5.41, 5.74) is 6.54. The fraction of sp³-hybridized carbons (Fsp3) is 0.500. The standard InChI is InChI=1S/C8H12N2O3S.ClH/c9-7(2-1-3-11)6-4-8(10(12)13)14-5-6;/h4-5,7,11H,1-3,9H2;1H/t7-;/m1./s1. The van der Waals surface area contributed by atoms with Gasteiger partial charge in [0.05, 0.1) is 4.92 Å². The van der Waals surface area contributed by atoms with E-state index < -0.39 is 4.92 Å². The van der Waals surface area contributed by atoms with E-state index in [1.165, 1.54) is 6.07 Å². The largest absolute Gasteiger partial charge is 0.396 e. The van der Waals surface area contributed by atoms with Gasteiger partial charge in [-0.15, -0.1) is 12.4 Å². The van der Waals surface area contributed by atoms with Crippen molar-refractivity contribution in [3.05, 3.63) is 27.1 Å². The fourth-order valence-electron chi connectivity index (χ4n) is 1.11. The SMILES string of the molecule is Cl.N[C@H](CCCO)c1csc([N+](=O)[O-])c1. The number of nitrogens with zero attached hydrogens (tertiary/aromatic N) is 1. The molecule has 1 aromatic rings. The van der Waals surface area contributed by atoms with E-state index in [1.807, 2.05) is 0 Å². The van der Waals surface area contributed by atoms with E-state index in [2.05, 4.69) is 0 Å². The topological polar surface area (TPSA) is 89.4 Å². The van der Waals surface area contributed by atoms with Gasteiger partial charge in [0.1, 0.15) is 0 Å². The third-order valence-corrected chi connectivity index (χ3v) is 2.79. The van der Waals surface area contributed by atoms with Gasteiger partial charge >= 0.3 is 5.00 Å². The van der Waals surface area contributed by atoms with E-state index in [0.29, 0.717) is 12.8 Å². The number of halogens is 1. The first-order valence-electron chi connectivity index (χ1n) is 4.24. The summed E-state index contributed by atoms with van der Waals surface area (Å²) in [7, 11) is 0. The van der Waals surface area contributed by atoms with Crippen molar-refractivity contribution in [3.63, 3.8) is 0 Å². The summed E-state index contributed by atoms with van der Waals surface area (Å²) in [4.78, 5) is 9.96. The van der Waals surface area contributed by atoms with Crippen LogP contribution in [0.15, 0.2) is 11.4 Å². The van der Waals surface area contributed by atoms with E-state index in [4.69, 9.17) is 10.8 Å². The first-order chi connectivity index (χ1) is 6.65. The van der Waals surface area contributed by atoms with Crippen LogP contribution in [0.2, 0.25) is 0 Å². The Morgan fingerprint density at radius 1 is 1.67 bits per heavy atom. The zero-order valence-electron chi connectivity index (χ0n) is 7.96. The number of aliphatic hydroxyl groups excluding tert-OH is 1. The van der Waals surface area contributed by atoms with Crippen molar-refractivity contribution in [1.29, 1.82) is 0 Å². The van der Waals surface area contributed by atoms with Crippen LogP contribution in [0.3, 0.4) is 0 Å². The highest BCUT2D eigenvalue weighted by Crippen LogP contribution is 2.27. The number of rotatable bonds is 5. The minimum atomic E-state index is -0.424. The summed E-state index contributed by atoms with van der Waals surface area (Å²) in [5, 5.41) is 20.8. The van der Waals surface area contributed by atoms with E-state index in [-0.39, 0.29) is 30.1 Å². The predicted molar refractivity (Wildman–Crippen MR) is 61.5 cm³/mol. The van der Waals surface area contributed by atoms with Gasteiger partial charge in [0.25, 0.3) is 0 Å². The number of nitrogens with two attached hydrogens (primary N) is 1. The van der Waals surface area contributed by atoms with Crippen molar-refractivity contribution in [2.75, 3.05) is 6.61 Å². The number of hydrogen-bond acceptors (Lipinski definition) is 5. The molecule has 0 spiro atoms. The molecule has 0 aliphatic rings. The van der Waals surface area contributed by atoms with Crippen molar-refractivity contribution in [1.82, 2.24) is 0 Å². The third kappa shape index (κ3) is 4.13. The molecule has 0 bridgehead atoms. The van der Waals surface area contributed by atoms with E-state index in [0.717, 1.165) is 16.9 Å². The zero-order valence-corrected chi connectivity index (χ0v) is 9.59. The maximum atomic E-state index is 10.4. The summed E-state index contributed by atoms with van der Waals surface area (Å²) in [6, 6.07) is 1.28. The summed E-state index contributed by atoms with van der Waals surface area (Å²) >= 11 is 1.08. The van der Waals surface area contributed by atoms with Crippen LogP contribution in [-0.4, -0.2) is 16.6 Å². The third-order valence-electron chi connectivity index (χ3n) is 1.89. The maximum absolute atomic E-state index is 10.4. The monoisotopic (exact) mass is 252 g/mol. The fourth-order valence-corrected chi connectivity index (χ4v) is 1.90. The lowest BCUT2D eigenvalue weighted by Gasteiger charge is -2.06. The van der Waals surface area contributed by atoms with Gasteiger partial charge in [-0.25, -0.2) is 0 Å². The van der Waals surface area contributed by atoms with Crippen LogP contribution < -0.4 is 5.73 Å².